The lowest BCUT2D eigenvalue weighted by molar-refractivity contribution is -0.149. The molecule has 7 nitrogen and oxygen atoms in total. The smallest absolute Gasteiger partial charge is 0.310 e. The number of carbonyl (C=O) groups is 2. The topological polar surface area (TPSA) is 74.3 Å². The van der Waals surface area contributed by atoms with Gasteiger partial charge in [0.05, 0.1) is 33.9 Å². The average molecular weight is 393 g/mol. The van der Waals surface area contributed by atoms with E-state index in [1.807, 2.05) is 6.92 Å². The number of ether oxygens (including phenoxy) is 4. The summed E-state index contributed by atoms with van der Waals surface area (Å²) in [7, 11) is 4.60. The molecule has 0 spiro atoms. The second kappa shape index (κ2) is 10.9. The molecule has 1 aliphatic rings. The van der Waals surface area contributed by atoms with Crippen LogP contribution >= 0.6 is 0 Å². The zero-order valence-corrected chi connectivity index (χ0v) is 17.3. The number of methoxy groups -OCH3 is 3. The summed E-state index contributed by atoms with van der Waals surface area (Å²) in [5.41, 5.74) is 0.439. The highest BCUT2D eigenvalue weighted by Gasteiger charge is 2.27. The third-order valence-corrected chi connectivity index (χ3v) is 5.00. The van der Waals surface area contributed by atoms with Gasteiger partial charge in [-0.15, -0.1) is 0 Å². The summed E-state index contributed by atoms with van der Waals surface area (Å²) in [4.78, 5) is 27.0. The SMILES string of the molecule is CCOC(=O)C1CCCN(CCCC(=O)c2c(OC)cc(OC)cc2OC)C1. The number of benzene rings is 1. The second-order valence-electron chi connectivity index (χ2n) is 6.83. The number of rotatable bonds is 10. The monoisotopic (exact) mass is 393 g/mol. The van der Waals surface area contributed by atoms with E-state index >= 15 is 0 Å². The summed E-state index contributed by atoms with van der Waals surface area (Å²) in [5.74, 6) is 1.25. The third-order valence-electron chi connectivity index (χ3n) is 5.00. The fourth-order valence-corrected chi connectivity index (χ4v) is 3.58. The first-order valence-electron chi connectivity index (χ1n) is 9.76. The van der Waals surface area contributed by atoms with E-state index in [2.05, 4.69) is 4.90 Å². The number of nitrogens with zero attached hydrogens (tertiary/aromatic N) is 1. The molecule has 156 valence electrons. The number of hydrogen-bond donors (Lipinski definition) is 0. The number of ketones is 1. The van der Waals surface area contributed by atoms with Crippen molar-refractivity contribution in [3.8, 4) is 17.2 Å². The average Bonchev–Trinajstić information content (AvgIpc) is 2.72. The molecule has 1 aromatic carbocycles. The molecule has 1 atom stereocenters. The molecule has 0 N–H and O–H groups in total. The van der Waals surface area contributed by atoms with Crippen molar-refractivity contribution in [3.05, 3.63) is 17.7 Å². The zero-order valence-electron chi connectivity index (χ0n) is 17.3. The lowest BCUT2D eigenvalue weighted by atomic mass is 9.97. The van der Waals surface area contributed by atoms with Gasteiger partial charge in [-0.25, -0.2) is 0 Å². The molecule has 1 aliphatic heterocycles. The molecule has 28 heavy (non-hydrogen) atoms. The first-order valence-corrected chi connectivity index (χ1v) is 9.76. The first kappa shape index (κ1) is 22.0. The van der Waals surface area contributed by atoms with Crippen molar-refractivity contribution >= 4 is 11.8 Å². The Labute approximate surface area is 166 Å². The number of piperidine rings is 1. The van der Waals surface area contributed by atoms with Crippen LogP contribution in [0.25, 0.3) is 0 Å². The van der Waals surface area contributed by atoms with E-state index in [1.165, 1.54) is 14.2 Å². The van der Waals surface area contributed by atoms with Crippen molar-refractivity contribution in [3.63, 3.8) is 0 Å². The van der Waals surface area contributed by atoms with Crippen LogP contribution in [0.4, 0.5) is 0 Å². The van der Waals surface area contributed by atoms with Gasteiger partial charge < -0.3 is 23.8 Å². The number of hydrogen-bond acceptors (Lipinski definition) is 7. The highest BCUT2D eigenvalue weighted by molar-refractivity contribution is 6.01. The highest BCUT2D eigenvalue weighted by Crippen LogP contribution is 2.35. The summed E-state index contributed by atoms with van der Waals surface area (Å²) in [6.45, 7) is 4.64. The third kappa shape index (κ3) is 5.61. The van der Waals surface area contributed by atoms with Crippen LogP contribution in [0, 0.1) is 5.92 Å². The van der Waals surface area contributed by atoms with Gasteiger partial charge in [0.2, 0.25) is 0 Å². The van der Waals surface area contributed by atoms with Gasteiger partial charge >= 0.3 is 5.97 Å². The van der Waals surface area contributed by atoms with Crippen molar-refractivity contribution < 1.29 is 28.5 Å². The van der Waals surface area contributed by atoms with Crippen LogP contribution in [-0.2, 0) is 9.53 Å². The molecule has 1 unspecified atom stereocenters. The van der Waals surface area contributed by atoms with Gasteiger partial charge in [-0.3, -0.25) is 9.59 Å². The van der Waals surface area contributed by atoms with E-state index in [0.717, 1.165) is 25.9 Å². The highest BCUT2D eigenvalue weighted by atomic mass is 16.5. The Hall–Kier alpha value is -2.28. The largest absolute Gasteiger partial charge is 0.496 e. The maximum atomic E-state index is 12.8. The van der Waals surface area contributed by atoms with Crippen LogP contribution in [0.2, 0.25) is 0 Å². The normalized spacial score (nSPS) is 17.1. The lowest BCUT2D eigenvalue weighted by Crippen LogP contribution is -2.39. The van der Waals surface area contributed by atoms with Crippen LogP contribution in [0.5, 0.6) is 17.2 Å². The molecule has 0 saturated carbocycles. The van der Waals surface area contributed by atoms with E-state index in [-0.39, 0.29) is 17.7 Å². The molecule has 2 rings (SSSR count). The molecule has 0 radical (unpaired) electrons. The van der Waals surface area contributed by atoms with Gasteiger partial charge in [0.25, 0.3) is 0 Å². The Morgan fingerprint density at radius 3 is 2.36 bits per heavy atom. The van der Waals surface area contributed by atoms with Crippen molar-refractivity contribution in [1.29, 1.82) is 0 Å². The summed E-state index contributed by atoms with van der Waals surface area (Å²) in [6.07, 6.45) is 2.92. The van der Waals surface area contributed by atoms with Gasteiger partial charge in [0.1, 0.15) is 22.8 Å². The Morgan fingerprint density at radius 1 is 1.11 bits per heavy atom. The molecule has 0 aromatic heterocycles. The minimum Gasteiger partial charge on any atom is -0.496 e. The van der Waals surface area contributed by atoms with E-state index in [9.17, 15) is 9.59 Å². The molecular formula is C21H31NO6. The Kier molecular flexibility index (Phi) is 8.57. The Bertz CT molecular complexity index is 650. The van der Waals surface area contributed by atoms with Gasteiger partial charge in [0.15, 0.2) is 5.78 Å². The van der Waals surface area contributed by atoms with Crippen molar-refractivity contribution in [2.75, 3.05) is 47.6 Å². The lowest BCUT2D eigenvalue weighted by Gasteiger charge is -2.31. The van der Waals surface area contributed by atoms with Crippen LogP contribution in [0.1, 0.15) is 43.0 Å². The standard InChI is InChI=1S/C21H31NO6/c1-5-28-21(24)15-8-6-10-22(14-15)11-7-9-17(23)20-18(26-3)12-16(25-2)13-19(20)27-4/h12-13,15H,5-11,14H2,1-4H3. The molecule has 0 aliphatic carbocycles. The van der Waals surface area contributed by atoms with Gasteiger partial charge in [-0.1, -0.05) is 0 Å². The number of likely N-dealkylation sites (tertiary alicyclic amines) is 1. The maximum Gasteiger partial charge on any atom is 0.310 e. The fourth-order valence-electron chi connectivity index (χ4n) is 3.58. The minimum absolute atomic E-state index is 0.0321. The van der Waals surface area contributed by atoms with Crippen molar-refractivity contribution in [2.24, 2.45) is 5.92 Å². The zero-order chi connectivity index (χ0) is 20.5. The molecule has 1 saturated heterocycles. The van der Waals surface area contributed by atoms with Crippen molar-refractivity contribution in [1.82, 2.24) is 4.90 Å². The van der Waals surface area contributed by atoms with Gasteiger partial charge in [-0.2, -0.15) is 0 Å². The van der Waals surface area contributed by atoms with Crippen LogP contribution in [0.15, 0.2) is 12.1 Å². The number of esters is 1. The minimum atomic E-state index is -0.115. The molecule has 1 aromatic rings. The molecular weight excluding hydrogens is 362 g/mol. The van der Waals surface area contributed by atoms with Gasteiger partial charge in [0, 0.05) is 25.1 Å². The predicted octanol–water partition coefficient (Wildman–Crippen LogP) is 2.95. The molecule has 7 heteroatoms. The molecule has 1 heterocycles. The van der Waals surface area contributed by atoms with Crippen molar-refractivity contribution in [2.45, 2.75) is 32.6 Å². The van der Waals surface area contributed by atoms with Crippen LogP contribution < -0.4 is 14.2 Å². The van der Waals surface area contributed by atoms with E-state index < -0.39 is 0 Å². The number of carbonyl (C=O) groups excluding carboxylic acids is 2. The molecule has 0 bridgehead atoms. The summed E-state index contributed by atoms with van der Waals surface area (Å²) >= 11 is 0. The van der Waals surface area contributed by atoms with E-state index in [1.54, 1.807) is 19.2 Å². The molecule has 0 amide bonds. The summed E-state index contributed by atoms with van der Waals surface area (Å²) in [6, 6.07) is 3.37. The summed E-state index contributed by atoms with van der Waals surface area (Å²) < 4.78 is 21.1. The Balaban J connectivity index is 1.94. The molecule has 1 fully saturated rings. The van der Waals surface area contributed by atoms with Crippen LogP contribution in [-0.4, -0.2) is 64.2 Å². The van der Waals surface area contributed by atoms with E-state index in [4.69, 9.17) is 18.9 Å². The van der Waals surface area contributed by atoms with Crippen LogP contribution in [0.3, 0.4) is 0 Å². The fraction of sp³-hybridized carbons (Fsp3) is 0.619. The predicted molar refractivity (Wildman–Crippen MR) is 105 cm³/mol. The maximum absolute atomic E-state index is 12.8. The van der Waals surface area contributed by atoms with E-state index in [0.29, 0.717) is 48.8 Å². The second-order valence-corrected chi connectivity index (χ2v) is 6.83. The quantitative estimate of drug-likeness (QED) is 0.447. The summed E-state index contributed by atoms with van der Waals surface area (Å²) in [5, 5.41) is 0. The van der Waals surface area contributed by atoms with Gasteiger partial charge in [-0.05, 0) is 39.3 Å². The first-order chi connectivity index (χ1) is 13.5. The number of Topliss-reactive ketones (excluding diaryl/α,β-unsaturated/α-hetero) is 1. The Morgan fingerprint density at radius 2 is 1.79 bits per heavy atom.